The second-order valence-electron chi connectivity index (χ2n) is 3.86. The van der Waals surface area contributed by atoms with Crippen molar-refractivity contribution in [3.63, 3.8) is 0 Å². The van der Waals surface area contributed by atoms with Crippen molar-refractivity contribution in [2.24, 2.45) is 0 Å². The van der Waals surface area contributed by atoms with Gasteiger partial charge in [0.25, 0.3) is 0 Å². The lowest BCUT2D eigenvalue weighted by molar-refractivity contribution is 1.08. The molecule has 0 saturated carbocycles. The van der Waals surface area contributed by atoms with Crippen LogP contribution in [0.2, 0.25) is 0 Å². The average molecular weight is 240 g/mol. The van der Waals surface area contributed by atoms with Crippen molar-refractivity contribution in [2.45, 2.75) is 6.54 Å². The Kier molecular flexibility index (Phi) is 2.76. The number of nitrogens with zero attached hydrogens (tertiary/aromatic N) is 1. The van der Waals surface area contributed by atoms with Crippen LogP contribution in [0.1, 0.15) is 5.69 Å². The monoisotopic (exact) mass is 240 g/mol. The highest BCUT2D eigenvalue weighted by atomic mass is 32.1. The average Bonchev–Trinajstić information content (AvgIpc) is 2.89. The quantitative estimate of drug-likeness (QED) is 0.750. The van der Waals surface area contributed by atoms with E-state index in [1.54, 1.807) is 11.3 Å². The Morgan fingerprint density at radius 2 is 1.94 bits per heavy atom. The van der Waals surface area contributed by atoms with E-state index >= 15 is 0 Å². The van der Waals surface area contributed by atoms with Crippen molar-refractivity contribution in [1.29, 1.82) is 0 Å². The van der Waals surface area contributed by atoms with E-state index in [4.69, 9.17) is 0 Å². The zero-order valence-electron chi connectivity index (χ0n) is 9.26. The largest absolute Gasteiger partial charge is 0.379 e. The minimum atomic E-state index is 0.775. The lowest BCUT2D eigenvalue weighted by Gasteiger charge is -2.08. The fourth-order valence-corrected chi connectivity index (χ4v) is 2.45. The molecular weight excluding hydrogens is 228 g/mol. The van der Waals surface area contributed by atoms with Gasteiger partial charge in [-0.25, -0.2) is 4.98 Å². The normalized spacial score (nSPS) is 10.6. The van der Waals surface area contributed by atoms with E-state index in [0.29, 0.717) is 0 Å². The SMILES string of the molecule is c1ccc2c(NCc3cscn3)cccc2c1. The van der Waals surface area contributed by atoms with Gasteiger partial charge in [-0.3, -0.25) is 0 Å². The summed E-state index contributed by atoms with van der Waals surface area (Å²) in [5, 5.41) is 8.02. The van der Waals surface area contributed by atoms with E-state index in [1.807, 2.05) is 5.51 Å². The Bertz CT molecular complexity index is 612. The molecule has 0 aliphatic carbocycles. The molecule has 2 nitrogen and oxygen atoms in total. The smallest absolute Gasteiger partial charge is 0.0795 e. The van der Waals surface area contributed by atoms with Gasteiger partial charge >= 0.3 is 0 Å². The first-order chi connectivity index (χ1) is 8.43. The molecule has 0 spiro atoms. The number of fused-ring (bicyclic) bond motifs is 1. The summed E-state index contributed by atoms with van der Waals surface area (Å²) in [5.74, 6) is 0. The molecule has 1 heterocycles. The minimum absolute atomic E-state index is 0.775. The van der Waals surface area contributed by atoms with Crippen molar-refractivity contribution < 1.29 is 0 Å². The molecule has 0 amide bonds. The van der Waals surface area contributed by atoms with Gasteiger partial charge < -0.3 is 5.32 Å². The van der Waals surface area contributed by atoms with Crippen LogP contribution in [-0.4, -0.2) is 4.98 Å². The number of hydrogen-bond donors (Lipinski definition) is 1. The molecule has 3 aromatic rings. The molecular formula is C14H12N2S. The predicted octanol–water partition coefficient (Wildman–Crippen LogP) is 3.91. The summed E-state index contributed by atoms with van der Waals surface area (Å²) >= 11 is 1.63. The van der Waals surface area contributed by atoms with Crippen LogP contribution in [0.25, 0.3) is 10.8 Å². The number of nitrogens with one attached hydrogen (secondary N) is 1. The Hall–Kier alpha value is -1.87. The Balaban J connectivity index is 1.90. The molecule has 0 aliphatic heterocycles. The van der Waals surface area contributed by atoms with Gasteiger partial charge in [0.2, 0.25) is 0 Å². The lowest BCUT2D eigenvalue weighted by Crippen LogP contribution is -1.99. The molecule has 0 radical (unpaired) electrons. The van der Waals surface area contributed by atoms with Gasteiger partial charge in [0.15, 0.2) is 0 Å². The molecule has 3 rings (SSSR count). The van der Waals surface area contributed by atoms with Crippen molar-refractivity contribution in [1.82, 2.24) is 4.98 Å². The maximum absolute atomic E-state index is 4.27. The lowest BCUT2D eigenvalue weighted by atomic mass is 10.1. The van der Waals surface area contributed by atoms with Crippen molar-refractivity contribution >= 4 is 27.8 Å². The third-order valence-electron chi connectivity index (χ3n) is 2.73. The van der Waals surface area contributed by atoms with Crippen LogP contribution in [-0.2, 0) is 6.54 Å². The van der Waals surface area contributed by atoms with Crippen LogP contribution < -0.4 is 5.32 Å². The second-order valence-corrected chi connectivity index (χ2v) is 4.58. The highest BCUT2D eigenvalue weighted by Gasteiger charge is 2.00. The molecule has 0 atom stereocenters. The number of aromatic nitrogens is 1. The van der Waals surface area contributed by atoms with Gasteiger partial charge in [0.1, 0.15) is 0 Å². The van der Waals surface area contributed by atoms with Gasteiger partial charge in [-0.2, -0.15) is 0 Å². The van der Waals surface area contributed by atoms with Gasteiger partial charge in [0, 0.05) is 16.5 Å². The maximum Gasteiger partial charge on any atom is 0.0795 e. The Labute approximate surface area is 104 Å². The van der Waals surface area contributed by atoms with Crippen LogP contribution in [0.15, 0.2) is 53.4 Å². The minimum Gasteiger partial charge on any atom is -0.379 e. The molecule has 84 valence electrons. The molecule has 0 unspecified atom stereocenters. The first-order valence-electron chi connectivity index (χ1n) is 5.52. The van der Waals surface area contributed by atoms with E-state index in [0.717, 1.165) is 17.9 Å². The third-order valence-corrected chi connectivity index (χ3v) is 3.37. The molecule has 17 heavy (non-hydrogen) atoms. The van der Waals surface area contributed by atoms with Crippen molar-refractivity contribution in [2.75, 3.05) is 5.32 Å². The third kappa shape index (κ3) is 2.15. The summed E-state index contributed by atoms with van der Waals surface area (Å²) in [5.41, 5.74) is 4.11. The highest BCUT2D eigenvalue weighted by molar-refractivity contribution is 7.07. The van der Waals surface area contributed by atoms with E-state index in [-0.39, 0.29) is 0 Å². The van der Waals surface area contributed by atoms with Crippen LogP contribution >= 0.6 is 11.3 Å². The molecule has 0 fully saturated rings. The van der Waals surface area contributed by atoms with Crippen LogP contribution in [0.5, 0.6) is 0 Å². The summed E-state index contributed by atoms with van der Waals surface area (Å²) in [4.78, 5) is 4.27. The predicted molar refractivity (Wildman–Crippen MR) is 73.4 cm³/mol. The van der Waals surface area contributed by atoms with Crippen LogP contribution in [0.3, 0.4) is 0 Å². The van der Waals surface area contributed by atoms with E-state index in [2.05, 4.69) is 58.1 Å². The molecule has 1 N–H and O–H groups in total. The first kappa shape index (κ1) is 10.3. The number of anilines is 1. The summed E-state index contributed by atoms with van der Waals surface area (Å²) in [7, 11) is 0. The van der Waals surface area contributed by atoms with Crippen LogP contribution in [0.4, 0.5) is 5.69 Å². The fraction of sp³-hybridized carbons (Fsp3) is 0.0714. The van der Waals surface area contributed by atoms with Crippen molar-refractivity contribution in [3.8, 4) is 0 Å². The Morgan fingerprint density at radius 3 is 2.82 bits per heavy atom. The number of benzene rings is 2. The van der Waals surface area contributed by atoms with Gasteiger partial charge in [-0.05, 0) is 11.5 Å². The number of hydrogen-bond acceptors (Lipinski definition) is 3. The first-order valence-corrected chi connectivity index (χ1v) is 6.46. The summed E-state index contributed by atoms with van der Waals surface area (Å²) in [6, 6.07) is 14.7. The van der Waals surface area contributed by atoms with Gasteiger partial charge in [0.05, 0.1) is 17.7 Å². The number of rotatable bonds is 3. The van der Waals surface area contributed by atoms with Crippen LogP contribution in [0, 0.1) is 0 Å². The molecule has 1 aromatic heterocycles. The molecule has 0 aliphatic rings. The zero-order valence-corrected chi connectivity index (χ0v) is 10.1. The zero-order chi connectivity index (χ0) is 11.5. The fourth-order valence-electron chi connectivity index (χ4n) is 1.89. The number of thiazole rings is 1. The maximum atomic E-state index is 4.27. The standard InChI is InChI=1S/C14H12N2S/c1-2-6-13-11(4-1)5-3-7-14(13)15-8-12-9-17-10-16-12/h1-7,9-10,15H,8H2. The molecule has 0 bridgehead atoms. The molecule has 3 heteroatoms. The molecule has 0 saturated heterocycles. The molecule has 2 aromatic carbocycles. The van der Waals surface area contributed by atoms with Gasteiger partial charge in [-0.1, -0.05) is 36.4 Å². The Morgan fingerprint density at radius 1 is 1.06 bits per heavy atom. The van der Waals surface area contributed by atoms with E-state index in [9.17, 15) is 0 Å². The second kappa shape index (κ2) is 4.55. The van der Waals surface area contributed by atoms with E-state index < -0.39 is 0 Å². The summed E-state index contributed by atoms with van der Waals surface area (Å²) in [6.07, 6.45) is 0. The summed E-state index contributed by atoms with van der Waals surface area (Å²) in [6.45, 7) is 0.775. The van der Waals surface area contributed by atoms with Crippen molar-refractivity contribution in [3.05, 3.63) is 59.0 Å². The summed E-state index contributed by atoms with van der Waals surface area (Å²) < 4.78 is 0. The van der Waals surface area contributed by atoms with Gasteiger partial charge in [-0.15, -0.1) is 11.3 Å². The topological polar surface area (TPSA) is 24.9 Å². The highest BCUT2D eigenvalue weighted by Crippen LogP contribution is 2.23. The van der Waals surface area contributed by atoms with E-state index in [1.165, 1.54) is 10.8 Å².